The monoisotopic (exact) mass is 1460 g/mol. The summed E-state index contributed by atoms with van der Waals surface area (Å²) in [6.07, 6.45) is 1.66. The Balaban J connectivity index is 0.00000864. The first-order valence-corrected chi connectivity index (χ1v) is 34.9. The molecule has 0 aliphatic heterocycles. The molecular formula is C93H88N3OPt-. The van der Waals surface area contributed by atoms with Crippen LogP contribution in [0.5, 0.6) is 5.75 Å². The second-order valence-electron chi connectivity index (χ2n) is 30.0. The number of imidazole rings is 1. The average Bonchev–Trinajstić information content (AvgIpc) is 1.47. The summed E-state index contributed by atoms with van der Waals surface area (Å²) in [6.45, 7) is 32.3. The van der Waals surface area contributed by atoms with Crippen LogP contribution in [0.2, 0.25) is 0 Å². The largest absolute Gasteiger partial charge is 0.507 e. The van der Waals surface area contributed by atoms with Gasteiger partial charge in [-0.2, -0.15) is 0 Å². The minimum absolute atomic E-state index is 0. The maximum atomic E-state index is 11.7. The van der Waals surface area contributed by atoms with Crippen molar-refractivity contribution in [2.45, 2.75) is 138 Å². The van der Waals surface area contributed by atoms with E-state index in [0.29, 0.717) is 5.92 Å². The molecule has 13 aromatic rings. The van der Waals surface area contributed by atoms with E-state index in [1.165, 1.54) is 50.1 Å². The molecule has 4 nitrogen and oxygen atoms in total. The van der Waals surface area contributed by atoms with E-state index >= 15 is 0 Å². The average molecular weight is 1460 g/mol. The van der Waals surface area contributed by atoms with Crippen molar-refractivity contribution in [3.8, 4) is 123 Å². The van der Waals surface area contributed by atoms with Crippen molar-refractivity contribution in [1.29, 1.82) is 0 Å². The maximum Gasteiger partial charge on any atom is 0.163 e. The minimum Gasteiger partial charge on any atom is -0.507 e. The van der Waals surface area contributed by atoms with Crippen molar-refractivity contribution in [2.24, 2.45) is 0 Å². The van der Waals surface area contributed by atoms with Gasteiger partial charge in [0, 0.05) is 26.6 Å². The third kappa shape index (κ3) is 12.4. The SMILES string of the molecule is Cc1cccc(C)c1-n1c(-c2ccc3c(n2)-c2c(O)cccc2CC3)nc2c(-c3[c-]c(-c4c(-c5cccc(C(C)(C)C)c5)cccc4-c4cc(-c5ccccc5)cc(C(C)(C)C)c4)ccc3)c(-c3c(-c4ccccc4)cccc3-c3c(C(C)C)cc(C(C)C)cc3C(C)C)ccc21.[Pt]. The third-order valence-corrected chi connectivity index (χ3v) is 20.2. The molecule has 5 heteroatoms. The summed E-state index contributed by atoms with van der Waals surface area (Å²) in [5.74, 6) is 1.77. The molecular weight excluding hydrogens is 1370 g/mol. The van der Waals surface area contributed by atoms with E-state index in [0.717, 1.165) is 141 Å². The van der Waals surface area contributed by atoms with Crippen molar-refractivity contribution < 1.29 is 26.2 Å². The van der Waals surface area contributed by atoms with Gasteiger partial charge >= 0.3 is 0 Å². The zero-order valence-electron chi connectivity index (χ0n) is 59.2. The van der Waals surface area contributed by atoms with Crippen LogP contribution in [0.4, 0.5) is 0 Å². The number of pyridine rings is 1. The minimum atomic E-state index is -0.142. The first-order chi connectivity index (χ1) is 46.6. The van der Waals surface area contributed by atoms with E-state index in [2.05, 4.69) is 326 Å². The number of aromatic nitrogens is 3. The molecule has 0 saturated heterocycles. The van der Waals surface area contributed by atoms with Crippen molar-refractivity contribution in [3.05, 3.63) is 287 Å². The number of aromatic hydroxyl groups is 1. The number of rotatable bonds is 13. The Kier molecular flexibility index (Phi) is 18.3. The van der Waals surface area contributed by atoms with Gasteiger partial charge in [0.1, 0.15) is 11.4 Å². The van der Waals surface area contributed by atoms with Crippen LogP contribution in [0.3, 0.4) is 0 Å². The topological polar surface area (TPSA) is 50.9 Å². The standard InChI is InChI=1S/C93H88N3O.Pt/c1-56(2)68-54-78(57(3)4)87(79(55-68)58(5)6)76-41-26-38-73(62-31-19-16-20-32-62)86(76)77-46-48-81-89(95-91(96(81)90-59(7)27-21-28-60(90)8)80-47-45-64-44-43-63-33-24-42-82(97)85(63)88(64)94-80)84(77)67-36-22-35-66(49-67)83-74(65-34-23-37-71(51-65)92(9,10)11)39-25-40-75(83)70-50-69(61-29-17-15-18-30-61)52-72(53-70)93(12,13)14;/h15-42,45-48,50-58,97H,43-44H2,1-14H3;/q-1;. The third-order valence-electron chi connectivity index (χ3n) is 20.2. The first kappa shape index (κ1) is 67.1. The molecule has 2 aromatic heterocycles. The van der Waals surface area contributed by atoms with Crippen molar-refractivity contribution in [2.75, 3.05) is 0 Å². The Bertz CT molecular complexity index is 5140. The molecule has 0 unspecified atom stereocenters. The van der Waals surface area contributed by atoms with Gasteiger partial charge in [-0.1, -0.05) is 277 Å². The molecule has 0 atom stereocenters. The summed E-state index contributed by atoms with van der Waals surface area (Å²) in [7, 11) is 0. The number of para-hydroxylation sites is 1. The van der Waals surface area contributed by atoms with Gasteiger partial charge in [0.15, 0.2) is 5.82 Å². The molecule has 11 aromatic carbocycles. The summed E-state index contributed by atoms with van der Waals surface area (Å²) >= 11 is 0. The summed E-state index contributed by atoms with van der Waals surface area (Å²) in [5, 5.41) is 11.7. The van der Waals surface area contributed by atoms with Gasteiger partial charge in [-0.15, -0.1) is 35.4 Å². The quantitative estimate of drug-likeness (QED) is 0.117. The number of benzene rings is 11. The van der Waals surface area contributed by atoms with Crippen molar-refractivity contribution >= 4 is 11.0 Å². The van der Waals surface area contributed by atoms with Crippen molar-refractivity contribution in [1.82, 2.24) is 14.5 Å². The molecule has 1 aliphatic carbocycles. The van der Waals surface area contributed by atoms with Gasteiger partial charge in [-0.3, -0.25) is 4.57 Å². The van der Waals surface area contributed by atoms with Gasteiger partial charge < -0.3 is 5.11 Å². The van der Waals surface area contributed by atoms with Crippen LogP contribution in [-0.4, -0.2) is 19.6 Å². The van der Waals surface area contributed by atoms with Crippen LogP contribution < -0.4 is 0 Å². The van der Waals surface area contributed by atoms with Crippen LogP contribution in [0.25, 0.3) is 129 Å². The number of hydrogen-bond acceptors (Lipinski definition) is 3. The van der Waals surface area contributed by atoms with Gasteiger partial charge in [0.2, 0.25) is 0 Å². The smallest absolute Gasteiger partial charge is 0.163 e. The Labute approximate surface area is 595 Å². The fraction of sp³-hybridized carbons (Fsp3) is 0.226. The molecule has 0 saturated carbocycles. The molecule has 2 heterocycles. The fourth-order valence-electron chi connectivity index (χ4n) is 15.0. The van der Waals surface area contributed by atoms with E-state index in [9.17, 15) is 5.11 Å². The second-order valence-corrected chi connectivity index (χ2v) is 30.0. The predicted octanol–water partition coefficient (Wildman–Crippen LogP) is 25.3. The normalized spacial score (nSPS) is 12.3. The summed E-state index contributed by atoms with van der Waals surface area (Å²) in [6, 6.07) is 89.6. The Morgan fingerprint density at radius 1 is 0.408 bits per heavy atom. The van der Waals surface area contributed by atoms with Crippen LogP contribution >= 0.6 is 0 Å². The number of phenolic OH excluding ortho intramolecular Hbond substituents is 1. The first-order valence-electron chi connectivity index (χ1n) is 34.9. The van der Waals surface area contributed by atoms with E-state index < -0.39 is 0 Å². The summed E-state index contributed by atoms with van der Waals surface area (Å²) in [5.41, 5.74) is 33.8. The van der Waals surface area contributed by atoms with E-state index in [4.69, 9.17) is 9.97 Å². The summed E-state index contributed by atoms with van der Waals surface area (Å²) < 4.78 is 2.37. The molecule has 0 fully saturated rings. The van der Waals surface area contributed by atoms with Crippen LogP contribution in [0.1, 0.15) is 151 Å². The summed E-state index contributed by atoms with van der Waals surface area (Å²) in [4.78, 5) is 11.7. The molecule has 0 bridgehead atoms. The molecule has 14 rings (SSSR count). The Hall–Kier alpha value is -9.47. The number of fused-ring (bicyclic) bond motifs is 4. The zero-order valence-corrected chi connectivity index (χ0v) is 61.5. The number of aryl methyl sites for hydroxylation is 4. The number of hydrogen-bond donors (Lipinski definition) is 1. The van der Waals surface area contributed by atoms with Crippen molar-refractivity contribution in [3.63, 3.8) is 0 Å². The van der Waals surface area contributed by atoms with Crippen LogP contribution in [0, 0.1) is 19.9 Å². The molecule has 0 radical (unpaired) electrons. The molecule has 98 heavy (non-hydrogen) atoms. The van der Waals surface area contributed by atoms with Gasteiger partial charge in [-0.05, 0) is 202 Å². The number of phenols is 1. The maximum absolute atomic E-state index is 11.7. The molecule has 0 spiro atoms. The second kappa shape index (κ2) is 26.7. The molecule has 1 N–H and O–H groups in total. The van der Waals surface area contributed by atoms with Gasteiger partial charge in [0.25, 0.3) is 0 Å². The molecule has 1 aliphatic rings. The fourth-order valence-corrected chi connectivity index (χ4v) is 15.0. The van der Waals surface area contributed by atoms with Crippen LogP contribution in [0.15, 0.2) is 231 Å². The van der Waals surface area contributed by atoms with Gasteiger partial charge in [-0.25, -0.2) is 9.97 Å². The zero-order chi connectivity index (χ0) is 67.8. The van der Waals surface area contributed by atoms with Crippen LogP contribution in [-0.2, 0) is 44.7 Å². The predicted molar refractivity (Wildman–Crippen MR) is 410 cm³/mol. The van der Waals surface area contributed by atoms with E-state index in [1.54, 1.807) is 6.07 Å². The Morgan fingerprint density at radius 3 is 1.58 bits per heavy atom. The molecule has 0 amide bonds. The van der Waals surface area contributed by atoms with E-state index in [-0.39, 0.29) is 49.5 Å². The van der Waals surface area contributed by atoms with Gasteiger partial charge in [0.05, 0.1) is 22.4 Å². The van der Waals surface area contributed by atoms with E-state index in [1.807, 2.05) is 6.07 Å². The Morgan fingerprint density at radius 2 is 0.939 bits per heavy atom. The number of nitrogens with zero attached hydrogens (tertiary/aromatic N) is 3. The molecule has 492 valence electrons.